The number of anilines is 6. The summed E-state index contributed by atoms with van der Waals surface area (Å²) in [4.78, 5) is 5.43. The molecule has 2 fully saturated rings. The van der Waals surface area contributed by atoms with Gasteiger partial charge >= 0.3 is 0 Å². The van der Waals surface area contributed by atoms with Gasteiger partial charge in [-0.2, -0.15) is 0 Å². The number of fused-ring (bicyclic) bond motifs is 42. The molecule has 0 bridgehead atoms. The SMILES string of the molecule is c1ccc(-c2ccccc2-c2cc3c(cc2N(c2ccc4c(c2)-c2ccccc2C42CCCC(c4ccc5c6ccc(N(c7cc8c(cc7-c7ccccc7-c7ccccc7)-c7ccccc7C87c8ccccc8-c8ccccc87)c7cccc8c7-c7ccccc7C87CCCCC7)cc6c6ccccc6c5c4)C2)c2ccc4c5ccccc5c5ccccc5c4c2)C2(c4ccccc4-c4ccccc42)c2ccccc2-3)cc1. The molecular weight excluding hydrogens is 1780 g/mol. The average molecular weight is 1880 g/mol. The van der Waals surface area contributed by atoms with Crippen molar-refractivity contribution >= 4 is 98.8 Å². The Balaban J connectivity index is 0.578. The van der Waals surface area contributed by atoms with Gasteiger partial charge in [-0.3, -0.25) is 0 Å². The second-order valence-electron chi connectivity index (χ2n) is 43.0. The van der Waals surface area contributed by atoms with Crippen molar-refractivity contribution in [1.29, 1.82) is 0 Å². The summed E-state index contributed by atoms with van der Waals surface area (Å²) in [5.41, 5.74) is 48.2. The normalized spacial score (nSPS) is 16.3. The molecule has 0 aromatic heterocycles. The zero-order chi connectivity index (χ0) is 96.8. The fourth-order valence-electron chi connectivity index (χ4n) is 30.5. The van der Waals surface area contributed by atoms with Gasteiger partial charge in [0.1, 0.15) is 0 Å². The van der Waals surface area contributed by atoms with Gasteiger partial charge in [0.05, 0.1) is 27.9 Å². The zero-order valence-corrected chi connectivity index (χ0v) is 82.1. The second-order valence-corrected chi connectivity index (χ2v) is 43.0. The Hall–Kier alpha value is -17.6. The third-order valence-electron chi connectivity index (χ3n) is 36.4. The van der Waals surface area contributed by atoms with Crippen LogP contribution in [0.1, 0.15) is 136 Å². The molecule has 4 spiro atoms. The lowest BCUT2D eigenvalue weighted by Crippen LogP contribution is -2.31. The Labute approximate surface area is 862 Å². The first-order chi connectivity index (χ1) is 73.4. The first kappa shape index (κ1) is 83.9. The molecule has 148 heavy (non-hydrogen) atoms. The minimum absolute atomic E-state index is 0.0945. The lowest BCUT2D eigenvalue weighted by molar-refractivity contribution is 0.316. The molecule has 0 aliphatic heterocycles. The molecular formula is C146H100N2. The van der Waals surface area contributed by atoms with Crippen LogP contribution in [0, 0.1) is 0 Å². The van der Waals surface area contributed by atoms with Gasteiger partial charge in [-0.1, -0.05) is 450 Å². The summed E-state index contributed by atoms with van der Waals surface area (Å²) in [6.07, 6.45) is 10.2. The van der Waals surface area contributed by atoms with Crippen molar-refractivity contribution in [2.24, 2.45) is 0 Å². The Morgan fingerprint density at radius 1 is 0.169 bits per heavy atom. The molecule has 8 aliphatic rings. The maximum absolute atomic E-state index is 2.75. The van der Waals surface area contributed by atoms with E-state index in [4.69, 9.17) is 0 Å². The maximum Gasteiger partial charge on any atom is 0.0726 e. The Bertz CT molecular complexity index is 9680. The van der Waals surface area contributed by atoms with Gasteiger partial charge in [0.25, 0.3) is 0 Å². The summed E-state index contributed by atoms with van der Waals surface area (Å²) in [7, 11) is 0. The van der Waals surface area contributed by atoms with E-state index in [1.807, 2.05) is 0 Å². The van der Waals surface area contributed by atoms with Crippen LogP contribution in [-0.2, 0) is 21.7 Å². The van der Waals surface area contributed by atoms with E-state index >= 15 is 0 Å². The van der Waals surface area contributed by atoms with Gasteiger partial charge in [-0.15, -0.1) is 0 Å². The summed E-state index contributed by atoms with van der Waals surface area (Å²) in [6, 6.07) is 192. The molecule has 24 aromatic rings. The highest BCUT2D eigenvalue weighted by molar-refractivity contribution is 6.28. The molecule has 2 heteroatoms. The predicted octanol–water partition coefficient (Wildman–Crippen LogP) is 38.8. The summed E-state index contributed by atoms with van der Waals surface area (Å²) >= 11 is 0. The fourth-order valence-corrected chi connectivity index (χ4v) is 30.5. The van der Waals surface area contributed by atoms with Crippen LogP contribution in [0.25, 0.3) is 176 Å². The van der Waals surface area contributed by atoms with E-state index in [0.29, 0.717) is 0 Å². The number of hydrogen-bond acceptors (Lipinski definition) is 2. The van der Waals surface area contributed by atoms with E-state index in [1.165, 1.54) is 273 Å². The molecule has 2 unspecified atom stereocenters. The van der Waals surface area contributed by atoms with Crippen LogP contribution in [0.2, 0.25) is 0 Å². The van der Waals surface area contributed by atoms with E-state index in [2.05, 4.69) is 501 Å². The number of benzene rings is 24. The van der Waals surface area contributed by atoms with Crippen molar-refractivity contribution in [2.75, 3.05) is 9.80 Å². The minimum Gasteiger partial charge on any atom is -0.310 e. The van der Waals surface area contributed by atoms with Crippen molar-refractivity contribution in [3.63, 3.8) is 0 Å². The van der Waals surface area contributed by atoms with Crippen LogP contribution >= 0.6 is 0 Å². The largest absolute Gasteiger partial charge is 0.310 e. The van der Waals surface area contributed by atoms with E-state index in [9.17, 15) is 0 Å². The molecule has 0 radical (unpaired) electrons. The quantitative estimate of drug-likeness (QED) is 0.119. The molecule has 2 nitrogen and oxygen atoms in total. The Morgan fingerprint density at radius 2 is 0.486 bits per heavy atom. The lowest BCUT2D eigenvalue weighted by atomic mass is 9.63. The van der Waals surface area contributed by atoms with E-state index in [0.717, 1.165) is 67.0 Å². The van der Waals surface area contributed by atoms with Crippen LogP contribution in [0.5, 0.6) is 0 Å². The first-order valence-corrected chi connectivity index (χ1v) is 53.4. The minimum atomic E-state index is -0.614. The molecule has 0 amide bonds. The first-order valence-electron chi connectivity index (χ1n) is 53.4. The fraction of sp³-hybridized carbons (Fsp3) is 0.0959. The highest BCUT2D eigenvalue weighted by Gasteiger charge is 2.56. The van der Waals surface area contributed by atoms with E-state index < -0.39 is 10.8 Å². The van der Waals surface area contributed by atoms with Crippen LogP contribution in [-0.4, -0.2) is 0 Å². The standard InChI is InChI=1S/C146H100N2/c1-4-38-91(39-5-1)98-43-8-10-45-100(98)125-86-123-116-58-23-32-67-134(116)145(130-63-28-19-53-111(130)112-54-20-29-64-131(112)145)137(123)88-140(125)147(95-72-76-109-104-49-13-12-47-102(104)103-48-14-15-50-105(103)120(109)83-95)96-74-78-129-122(85-96)115-57-18-26-61-127(115)144(129)81-37-42-94(90-144)93-71-75-108-110-77-73-97(84-121(110)107-52-17-16-51-106(107)119(108)82-93)148(139-70-36-69-136-142(139)118-60-25-27-62-128(118)143(136)79-34-3-35-80-143)141-89-138-124(87-126(141)101-46-11-9-44-99(101)92-40-6-2-7-41-92)117-59-24-33-68-135(117)146(138)132-65-30-21-55-113(132)114-56-22-31-66-133(114)146/h1-2,4-33,36,38-41,43-78,82-89,94H,3,34-35,37,42,79-81,90H2. The van der Waals surface area contributed by atoms with Crippen LogP contribution in [0.15, 0.2) is 491 Å². The predicted molar refractivity (Wildman–Crippen MR) is 618 cm³/mol. The van der Waals surface area contributed by atoms with Crippen LogP contribution < -0.4 is 9.80 Å². The van der Waals surface area contributed by atoms with Crippen LogP contribution in [0.3, 0.4) is 0 Å². The number of hydrogen-bond donors (Lipinski definition) is 0. The summed E-state index contributed by atoms with van der Waals surface area (Å²) < 4.78 is 0. The van der Waals surface area contributed by atoms with Crippen LogP contribution in [0.4, 0.5) is 34.1 Å². The summed E-state index contributed by atoms with van der Waals surface area (Å²) in [6.45, 7) is 0. The van der Waals surface area contributed by atoms with Crippen molar-refractivity contribution in [3.05, 3.63) is 564 Å². The molecule has 32 rings (SSSR count). The highest BCUT2D eigenvalue weighted by atomic mass is 15.2. The number of nitrogens with zero attached hydrogens (tertiary/aromatic N) is 2. The number of rotatable bonds is 11. The third-order valence-corrected chi connectivity index (χ3v) is 36.4. The van der Waals surface area contributed by atoms with Gasteiger partial charge in [-0.25, -0.2) is 0 Å². The average Bonchev–Trinajstić information content (AvgIpc) is 1.50. The lowest BCUT2D eigenvalue weighted by Gasteiger charge is -2.40. The van der Waals surface area contributed by atoms with Crippen molar-refractivity contribution in [3.8, 4) is 111 Å². The van der Waals surface area contributed by atoms with E-state index in [1.54, 1.807) is 0 Å². The molecule has 694 valence electrons. The van der Waals surface area contributed by atoms with Crippen molar-refractivity contribution in [2.45, 2.75) is 85.4 Å². The molecule has 24 aromatic carbocycles. The van der Waals surface area contributed by atoms with Crippen molar-refractivity contribution in [1.82, 2.24) is 0 Å². The highest BCUT2D eigenvalue weighted by Crippen LogP contribution is 2.70. The molecule has 0 heterocycles. The molecule has 0 saturated heterocycles. The maximum atomic E-state index is 2.75. The summed E-state index contributed by atoms with van der Waals surface area (Å²) in [5.74, 6) is 0.264. The monoisotopic (exact) mass is 1880 g/mol. The third kappa shape index (κ3) is 11.5. The van der Waals surface area contributed by atoms with Gasteiger partial charge in [-0.05, 0) is 336 Å². The smallest absolute Gasteiger partial charge is 0.0726 e. The van der Waals surface area contributed by atoms with E-state index in [-0.39, 0.29) is 16.7 Å². The Kier molecular flexibility index (Phi) is 18.1. The van der Waals surface area contributed by atoms with Gasteiger partial charge in [0.2, 0.25) is 0 Å². The Morgan fingerprint density at radius 3 is 0.953 bits per heavy atom. The molecule has 2 atom stereocenters. The van der Waals surface area contributed by atoms with Crippen molar-refractivity contribution < 1.29 is 0 Å². The molecule has 0 N–H and O–H groups in total. The summed E-state index contributed by atoms with van der Waals surface area (Å²) in [5, 5.41) is 15.1. The zero-order valence-electron chi connectivity index (χ0n) is 82.1. The van der Waals surface area contributed by atoms with Gasteiger partial charge in [0, 0.05) is 44.6 Å². The van der Waals surface area contributed by atoms with Gasteiger partial charge < -0.3 is 9.80 Å². The molecule has 8 aliphatic carbocycles. The van der Waals surface area contributed by atoms with Gasteiger partial charge in [0.15, 0.2) is 0 Å². The second kappa shape index (κ2) is 32.0. The molecule has 2 saturated carbocycles. The topological polar surface area (TPSA) is 6.48 Å².